The van der Waals surface area contributed by atoms with Crippen LogP contribution in [0.1, 0.15) is 11.1 Å². The summed E-state index contributed by atoms with van der Waals surface area (Å²) in [4.78, 5) is 18.3. The van der Waals surface area contributed by atoms with Crippen molar-refractivity contribution in [2.24, 2.45) is 0 Å². The van der Waals surface area contributed by atoms with E-state index in [1.165, 1.54) is 0 Å². The first-order chi connectivity index (χ1) is 10.1. The Bertz CT molecular complexity index is 794. The van der Waals surface area contributed by atoms with Gasteiger partial charge in [0.25, 0.3) is 0 Å². The predicted octanol–water partition coefficient (Wildman–Crippen LogP) is 3.31. The number of carbonyl (C=O) groups is 1. The number of nitrogens with one attached hydrogen (secondary N) is 2. The van der Waals surface area contributed by atoms with Gasteiger partial charge in [-0.25, -0.2) is 4.79 Å². The summed E-state index contributed by atoms with van der Waals surface area (Å²) in [6.45, 7) is 2.34. The Labute approximate surface area is 121 Å². The van der Waals surface area contributed by atoms with E-state index in [4.69, 9.17) is 5.11 Å². The third-order valence-corrected chi connectivity index (χ3v) is 3.49. The Balaban J connectivity index is 2.02. The fourth-order valence-corrected chi connectivity index (χ4v) is 2.43. The summed E-state index contributed by atoms with van der Waals surface area (Å²) >= 11 is 0. The SMILES string of the molecule is Cc1c(-c2ccccn2)[nH]c2ccc(CNC(=O)O)cc12. The maximum absolute atomic E-state index is 10.6. The van der Waals surface area contributed by atoms with E-state index in [-0.39, 0.29) is 0 Å². The number of nitrogens with zero attached hydrogens (tertiary/aromatic N) is 1. The van der Waals surface area contributed by atoms with Gasteiger partial charge < -0.3 is 15.4 Å². The Kier molecular flexibility index (Phi) is 3.31. The zero-order valence-corrected chi connectivity index (χ0v) is 11.6. The minimum Gasteiger partial charge on any atom is -0.465 e. The first-order valence-electron chi connectivity index (χ1n) is 6.64. The highest BCUT2D eigenvalue weighted by Gasteiger charge is 2.10. The summed E-state index contributed by atoms with van der Waals surface area (Å²) in [5.74, 6) is 0. The van der Waals surface area contributed by atoms with Crippen LogP contribution >= 0.6 is 0 Å². The monoisotopic (exact) mass is 281 g/mol. The molecular formula is C16H15N3O2. The van der Waals surface area contributed by atoms with E-state index in [2.05, 4.69) is 15.3 Å². The van der Waals surface area contributed by atoms with Crippen LogP contribution in [0.4, 0.5) is 4.79 Å². The average molecular weight is 281 g/mol. The maximum atomic E-state index is 10.6. The molecule has 0 spiro atoms. The van der Waals surface area contributed by atoms with Crippen molar-refractivity contribution >= 4 is 17.0 Å². The molecule has 0 unspecified atom stereocenters. The van der Waals surface area contributed by atoms with Crippen molar-refractivity contribution < 1.29 is 9.90 Å². The zero-order chi connectivity index (χ0) is 14.8. The molecule has 0 aliphatic heterocycles. The topological polar surface area (TPSA) is 78.0 Å². The Morgan fingerprint density at radius 2 is 2.19 bits per heavy atom. The van der Waals surface area contributed by atoms with Gasteiger partial charge >= 0.3 is 6.09 Å². The zero-order valence-electron chi connectivity index (χ0n) is 11.6. The molecule has 0 atom stereocenters. The third-order valence-electron chi connectivity index (χ3n) is 3.49. The fraction of sp³-hybridized carbons (Fsp3) is 0.125. The number of rotatable bonds is 3. The molecule has 0 bridgehead atoms. The molecule has 0 fully saturated rings. The van der Waals surface area contributed by atoms with Crippen LogP contribution in [-0.2, 0) is 6.54 Å². The van der Waals surface area contributed by atoms with Crippen LogP contribution in [0, 0.1) is 6.92 Å². The molecule has 0 saturated carbocycles. The third kappa shape index (κ3) is 2.58. The van der Waals surface area contributed by atoms with Crippen LogP contribution in [0.5, 0.6) is 0 Å². The molecule has 0 radical (unpaired) electrons. The van der Waals surface area contributed by atoms with Gasteiger partial charge in [-0.05, 0) is 42.3 Å². The number of pyridine rings is 1. The van der Waals surface area contributed by atoms with Crippen LogP contribution in [0.15, 0.2) is 42.6 Å². The molecule has 106 valence electrons. The van der Waals surface area contributed by atoms with Crippen molar-refractivity contribution in [2.75, 3.05) is 0 Å². The predicted molar refractivity (Wildman–Crippen MR) is 81.1 cm³/mol. The lowest BCUT2D eigenvalue weighted by Gasteiger charge is -2.02. The molecule has 0 aliphatic rings. The van der Waals surface area contributed by atoms with Crippen molar-refractivity contribution in [1.82, 2.24) is 15.3 Å². The Morgan fingerprint density at radius 3 is 2.90 bits per heavy atom. The van der Waals surface area contributed by atoms with Crippen molar-refractivity contribution in [3.05, 3.63) is 53.7 Å². The molecule has 3 aromatic rings. The van der Waals surface area contributed by atoms with Gasteiger partial charge in [0.1, 0.15) is 0 Å². The second kappa shape index (κ2) is 5.28. The number of aryl methyl sites for hydroxylation is 1. The quantitative estimate of drug-likeness (QED) is 0.689. The second-order valence-electron chi connectivity index (χ2n) is 4.88. The van der Waals surface area contributed by atoms with Crippen molar-refractivity contribution in [2.45, 2.75) is 13.5 Å². The van der Waals surface area contributed by atoms with E-state index in [0.29, 0.717) is 6.54 Å². The van der Waals surface area contributed by atoms with Crippen molar-refractivity contribution in [3.8, 4) is 11.4 Å². The highest BCUT2D eigenvalue weighted by atomic mass is 16.4. The number of fused-ring (bicyclic) bond motifs is 1. The number of carboxylic acid groups (broad SMARTS) is 1. The van der Waals surface area contributed by atoms with E-state index in [1.807, 2.05) is 43.3 Å². The number of benzene rings is 1. The first-order valence-corrected chi connectivity index (χ1v) is 6.64. The van der Waals surface area contributed by atoms with Gasteiger partial charge in [-0.15, -0.1) is 0 Å². The van der Waals surface area contributed by atoms with Crippen LogP contribution in [0.2, 0.25) is 0 Å². The summed E-state index contributed by atoms with van der Waals surface area (Å²) in [5.41, 5.74) is 4.96. The summed E-state index contributed by atoms with van der Waals surface area (Å²) in [6, 6.07) is 11.7. The lowest BCUT2D eigenvalue weighted by molar-refractivity contribution is 0.194. The maximum Gasteiger partial charge on any atom is 0.404 e. The molecule has 2 heterocycles. The van der Waals surface area contributed by atoms with E-state index < -0.39 is 6.09 Å². The molecule has 3 N–H and O–H groups in total. The fourth-order valence-electron chi connectivity index (χ4n) is 2.43. The number of aromatic amines is 1. The van der Waals surface area contributed by atoms with E-state index in [0.717, 1.165) is 33.4 Å². The van der Waals surface area contributed by atoms with Crippen LogP contribution in [0.25, 0.3) is 22.3 Å². The number of H-pyrrole nitrogens is 1. The van der Waals surface area contributed by atoms with E-state index in [1.54, 1.807) is 6.20 Å². The minimum absolute atomic E-state index is 0.300. The van der Waals surface area contributed by atoms with Gasteiger partial charge in [0.15, 0.2) is 0 Å². The summed E-state index contributed by atoms with van der Waals surface area (Å²) in [5, 5.41) is 12.1. The molecule has 1 amide bonds. The second-order valence-corrected chi connectivity index (χ2v) is 4.88. The smallest absolute Gasteiger partial charge is 0.404 e. The summed E-state index contributed by atoms with van der Waals surface area (Å²) in [7, 11) is 0. The molecule has 0 aliphatic carbocycles. The molecule has 21 heavy (non-hydrogen) atoms. The Hall–Kier alpha value is -2.82. The Morgan fingerprint density at radius 1 is 1.33 bits per heavy atom. The number of aromatic nitrogens is 2. The summed E-state index contributed by atoms with van der Waals surface area (Å²) in [6.07, 6.45) is 0.748. The largest absolute Gasteiger partial charge is 0.465 e. The molecule has 0 saturated heterocycles. The van der Waals surface area contributed by atoms with Crippen molar-refractivity contribution in [3.63, 3.8) is 0 Å². The highest BCUT2D eigenvalue weighted by molar-refractivity contribution is 5.90. The number of hydrogen-bond donors (Lipinski definition) is 3. The van der Waals surface area contributed by atoms with Crippen LogP contribution in [0.3, 0.4) is 0 Å². The lowest BCUT2D eigenvalue weighted by atomic mass is 10.1. The van der Waals surface area contributed by atoms with E-state index in [9.17, 15) is 4.79 Å². The van der Waals surface area contributed by atoms with Gasteiger partial charge in [-0.2, -0.15) is 0 Å². The van der Waals surface area contributed by atoms with Gasteiger partial charge in [0.05, 0.1) is 11.4 Å². The summed E-state index contributed by atoms with van der Waals surface area (Å²) < 4.78 is 0. The van der Waals surface area contributed by atoms with Gasteiger partial charge in [-0.3, -0.25) is 4.98 Å². The average Bonchev–Trinajstić information content (AvgIpc) is 2.83. The van der Waals surface area contributed by atoms with E-state index >= 15 is 0 Å². The number of hydrogen-bond acceptors (Lipinski definition) is 2. The molecule has 3 rings (SSSR count). The minimum atomic E-state index is -1.02. The van der Waals surface area contributed by atoms with Gasteiger partial charge in [-0.1, -0.05) is 12.1 Å². The van der Waals surface area contributed by atoms with Crippen LogP contribution in [-0.4, -0.2) is 21.2 Å². The van der Waals surface area contributed by atoms with Crippen LogP contribution < -0.4 is 5.32 Å². The molecular weight excluding hydrogens is 266 g/mol. The molecule has 5 nitrogen and oxygen atoms in total. The lowest BCUT2D eigenvalue weighted by Crippen LogP contribution is -2.19. The van der Waals surface area contributed by atoms with Crippen molar-refractivity contribution in [1.29, 1.82) is 0 Å². The molecule has 5 heteroatoms. The van der Waals surface area contributed by atoms with Gasteiger partial charge in [0.2, 0.25) is 0 Å². The highest BCUT2D eigenvalue weighted by Crippen LogP contribution is 2.29. The molecule has 1 aromatic carbocycles. The number of amides is 1. The first kappa shape index (κ1) is 13.2. The normalized spacial score (nSPS) is 10.7. The standard InChI is InChI=1S/C16H15N3O2/c1-10-12-8-11(9-18-16(20)21)5-6-13(12)19-15(10)14-4-2-3-7-17-14/h2-8,18-19H,9H2,1H3,(H,20,21). The molecule has 2 aromatic heterocycles. The van der Waals surface area contributed by atoms with Gasteiger partial charge in [0, 0.05) is 23.6 Å².